The molecule has 0 aliphatic carbocycles. The van der Waals surface area contributed by atoms with Crippen molar-refractivity contribution in [2.75, 3.05) is 17.6 Å². The summed E-state index contributed by atoms with van der Waals surface area (Å²) in [5, 5.41) is 3.03. The third kappa shape index (κ3) is 4.21. The number of thioether (sulfide) groups is 1. The number of nitrogens with one attached hydrogen (secondary N) is 1. The summed E-state index contributed by atoms with van der Waals surface area (Å²) in [5.41, 5.74) is 0.681. The van der Waals surface area contributed by atoms with Crippen molar-refractivity contribution in [3.63, 3.8) is 0 Å². The van der Waals surface area contributed by atoms with Gasteiger partial charge < -0.3 is 5.32 Å². The Morgan fingerprint density at radius 3 is 2.47 bits per heavy atom. The first-order chi connectivity index (χ1) is 9.15. The van der Waals surface area contributed by atoms with Crippen molar-refractivity contribution in [2.45, 2.75) is 4.90 Å². The predicted octanol–water partition coefficient (Wildman–Crippen LogP) is 4.31. The molecule has 0 saturated heterocycles. The Morgan fingerprint density at radius 1 is 0.947 bits per heavy atom. The maximum atomic E-state index is 13.3. The Bertz CT molecular complexity index is 560. The summed E-state index contributed by atoms with van der Waals surface area (Å²) in [5.74, 6) is -0.850. The predicted molar refractivity (Wildman–Crippen MR) is 72.0 cm³/mol. The molecule has 0 atom stereocenters. The van der Waals surface area contributed by atoms with Crippen LogP contribution in [0.25, 0.3) is 0 Å². The van der Waals surface area contributed by atoms with Gasteiger partial charge in [-0.3, -0.25) is 0 Å². The first kappa shape index (κ1) is 13.8. The molecule has 0 heterocycles. The molecular formula is C14H12F3NS. The minimum atomic E-state index is -0.584. The van der Waals surface area contributed by atoms with Crippen molar-refractivity contribution in [3.05, 3.63) is 59.9 Å². The molecule has 0 amide bonds. The van der Waals surface area contributed by atoms with Crippen molar-refractivity contribution in [1.82, 2.24) is 0 Å². The van der Waals surface area contributed by atoms with Gasteiger partial charge in [0.15, 0.2) is 0 Å². The lowest BCUT2D eigenvalue weighted by molar-refractivity contribution is 0.566. The lowest BCUT2D eigenvalue weighted by Gasteiger charge is -2.07. The summed E-state index contributed by atoms with van der Waals surface area (Å²) in [6.45, 7) is 0.560. The zero-order valence-electron chi connectivity index (χ0n) is 10.00. The molecule has 0 aliphatic heterocycles. The largest absolute Gasteiger partial charge is 0.384 e. The van der Waals surface area contributed by atoms with Gasteiger partial charge in [0.2, 0.25) is 0 Å². The SMILES string of the molecule is Fc1cccc(NCCSc2ccc(F)cc2F)c1. The Balaban J connectivity index is 1.81. The first-order valence-corrected chi connectivity index (χ1v) is 6.71. The Hall–Kier alpha value is -1.62. The number of rotatable bonds is 5. The van der Waals surface area contributed by atoms with E-state index in [1.807, 2.05) is 0 Å². The van der Waals surface area contributed by atoms with Crippen LogP contribution in [-0.2, 0) is 0 Å². The molecule has 2 aromatic rings. The summed E-state index contributed by atoms with van der Waals surface area (Å²) in [4.78, 5) is 0.405. The summed E-state index contributed by atoms with van der Waals surface area (Å²) >= 11 is 1.28. The molecule has 0 radical (unpaired) electrons. The fraction of sp³-hybridized carbons (Fsp3) is 0.143. The molecular weight excluding hydrogens is 271 g/mol. The van der Waals surface area contributed by atoms with Crippen LogP contribution in [0.15, 0.2) is 47.4 Å². The first-order valence-electron chi connectivity index (χ1n) is 5.72. The van der Waals surface area contributed by atoms with Crippen LogP contribution in [0.4, 0.5) is 18.9 Å². The van der Waals surface area contributed by atoms with Crippen LogP contribution >= 0.6 is 11.8 Å². The highest BCUT2D eigenvalue weighted by Gasteiger charge is 2.03. The second kappa shape index (κ2) is 6.52. The third-order valence-electron chi connectivity index (χ3n) is 2.41. The van der Waals surface area contributed by atoms with Crippen LogP contribution in [0, 0.1) is 17.5 Å². The molecule has 100 valence electrons. The minimum Gasteiger partial charge on any atom is -0.384 e. The van der Waals surface area contributed by atoms with E-state index in [1.54, 1.807) is 12.1 Å². The standard InChI is InChI=1S/C14H12F3NS/c15-10-2-1-3-12(8-10)18-6-7-19-14-5-4-11(16)9-13(14)17/h1-5,8-9,18H,6-7H2. The van der Waals surface area contributed by atoms with Gasteiger partial charge in [-0.1, -0.05) is 6.07 Å². The molecule has 0 unspecified atom stereocenters. The lowest BCUT2D eigenvalue weighted by Crippen LogP contribution is -2.04. The quantitative estimate of drug-likeness (QED) is 0.648. The van der Waals surface area contributed by atoms with Gasteiger partial charge in [0, 0.05) is 28.9 Å². The number of benzene rings is 2. The van der Waals surface area contributed by atoms with E-state index in [4.69, 9.17) is 0 Å². The number of hydrogen-bond donors (Lipinski definition) is 1. The maximum Gasteiger partial charge on any atom is 0.139 e. The number of hydrogen-bond acceptors (Lipinski definition) is 2. The summed E-state index contributed by atoms with van der Waals surface area (Å²) in [6, 6.07) is 9.64. The Kier molecular flexibility index (Phi) is 4.74. The minimum absolute atomic E-state index is 0.303. The van der Waals surface area contributed by atoms with Gasteiger partial charge >= 0.3 is 0 Å². The lowest BCUT2D eigenvalue weighted by atomic mass is 10.3. The third-order valence-corrected chi connectivity index (χ3v) is 3.46. The zero-order valence-corrected chi connectivity index (χ0v) is 10.8. The van der Waals surface area contributed by atoms with Gasteiger partial charge in [-0.25, -0.2) is 13.2 Å². The topological polar surface area (TPSA) is 12.0 Å². The molecule has 1 N–H and O–H groups in total. The van der Waals surface area contributed by atoms with E-state index in [-0.39, 0.29) is 5.82 Å². The zero-order chi connectivity index (χ0) is 13.7. The van der Waals surface area contributed by atoms with Crippen molar-refractivity contribution in [3.8, 4) is 0 Å². The van der Waals surface area contributed by atoms with Gasteiger partial charge in [-0.15, -0.1) is 11.8 Å². The molecule has 0 aromatic heterocycles. The summed E-state index contributed by atoms with van der Waals surface area (Å²) in [7, 11) is 0. The van der Waals surface area contributed by atoms with Crippen LogP contribution in [0.3, 0.4) is 0 Å². The second-order valence-corrected chi connectivity index (χ2v) is 5.00. The molecule has 5 heteroatoms. The van der Waals surface area contributed by atoms with E-state index in [0.29, 0.717) is 22.9 Å². The molecule has 1 nitrogen and oxygen atoms in total. The van der Waals surface area contributed by atoms with E-state index in [0.717, 1.165) is 6.07 Å². The van der Waals surface area contributed by atoms with Crippen LogP contribution in [0.1, 0.15) is 0 Å². The highest BCUT2D eigenvalue weighted by atomic mass is 32.2. The van der Waals surface area contributed by atoms with E-state index >= 15 is 0 Å². The van der Waals surface area contributed by atoms with Gasteiger partial charge in [0.05, 0.1) is 0 Å². The smallest absolute Gasteiger partial charge is 0.139 e. The van der Waals surface area contributed by atoms with E-state index in [2.05, 4.69) is 5.32 Å². The molecule has 0 fully saturated rings. The van der Waals surface area contributed by atoms with Crippen molar-refractivity contribution in [1.29, 1.82) is 0 Å². The fourth-order valence-electron chi connectivity index (χ4n) is 1.55. The molecule has 0 bridgehead atoms. The molecule has 2 aromatic carbocycles. The second-order valence-electron chi connectivity index (χ2n) is 3.86. The summed E-state index contributed by atoms with van der Waals surface area (Å²) < 4.78 is 38.9. The van der Waals surface area contributed by atoms with Crippen molar-refractivity contribution < 1.29 is 13.2 Å². The van der Waals surface area contributed by atoms with Crippen molar-refractivity contribution in [2.24, 2.45) is 0 Å². The van der Waals surface area contributed by atoms with Gasteiger partial charge in [0.1, 0.15) is 17.5 Å². The Morgan fingerprint density at radius 2 is 1.74 bits per heavy atom. The summed E-state index contributed by atoms with van der Waals surface area (Å²) in [6.07, 6.45) is 0. The van der Waals surface area contributed by atoms with Crippen LogP contribution in [0.2, 0.25) is 0 Å². The average Bonchev–Trinajstić information content (AvgIpc) is 2.37. The molecule has 0 spiro atoms. The fourth-order valence-corrected chi connectivity index (χ4v) is 2.33. The highest BCUT2D eigenvalue weighted by Crippen LogP contribution is 2.22. The Labute approximate surface area is 113 Å². The van der Waals surface area contributed by atoms with E-state index < -0.39 is 11.6 Å². The van der Waals surface area contributed by atoms with Gasteiger partial charge in [0.25, 0.3) is 0 Å². The molecule has 0 aliphatic rings. The van der Waals surface area contributed by atoms with E-state index in [9.17, 15) is 13.2 Å². The van der Waals surface area contributed by atoms with Crippen molar-refractivity contribution >= 4 is 17.4 Å². The van der Waals surface area contributed by atoms with Gasteiger partial charge in [-0.2, -0.15) is 0 Å². The number of halogens is 3. The number of anilines is 1. The van der Waals surface area contributed by atoms with Crippen LogP contribution in [-0.4, -0.2) is 12.3 Å². The molecule has 19 heavy (non-hydrogen) atoms. The maximum absolute atomic E-state index is 13.3. The van der Waals surface area contributed by atoms with Crippen LogP contribution < -0.4 is 5.32 Å². The average molecular weight is 283 g/mol. The normalized spacial score (nSPS) is 10.5. The molecule has 2 rings (SSSR count). The van der Waals surface area contributed by atoms with Crippen LogP contribution in [0.5, 0.6) is 0 Å². The van der Waals surface area contributed by atoms with Gasteiger partial charge in [-0.05, 0) is 30.3 Å². The highest BCUT2D eigenvalue weighted by molar-refractivity contribution is 7.99. The van der Waals surface area contributed by atoms with E-state index in [1.165, 1.54) is 36.0 Å². The monoisotopic (exact) mass is 283 g/mol. The molecule has 0 saturated carbocycles.